The molecule has 3 rings (SSSR count). The van der Waals surface area contributed by atoms with Crippen LogP contribution in [0.25, 0.3) is 22.0 Å². The highest BCUT2D eigenvalue weighted by molar-refractivity contribution is 5.99. The number of anilines is 1. The fraction of sp³-hybridized carbons (Fsp3) is 0.0625. The minimum atomic E-state index is -1.01. The summed E-state index contributed by atoms with van der Waals surface area (Å²) >= 11 is 0. The van der Waals surface area contributed by atoms with E-state index in [0.29, 0.717) is 0 Å². The molecule has 0 aliphatic heterocycles. The summed E-state index contributed by atoms with van der Waals surface area (Å²) in [5.41, 5.74) is 9.33. The Labute approximate surface area is 116 Å². The maximum Gasteiger partial charge on any atom is 0.337 e. The molecule has 0 radical (unpaired) electrons. The zero-order valence-electron chi connectivity index (χ0n) is 11.0. The van der Waals surface area contributed by atoms with Crippen LogP contribution >= 0.6 is 0 Å². The molecule has 0 aliphatic carbocycles. The third-order valence-corrected chi connectivity index (χ3v) is 3.49. The standard InChI is InChI=1S/C16H14N2O2/c1-18-9-13(11-4-2-3-5-15(11)18)10-6-7-12(16(19)20)14(17)8-10/h2-9H,17H2,1H3,(H,19,20). The molecule has 3 N–H and O–H groups in total. The Morgan fingerprint density at radius 3 is 2.65 bits per heavy atom. The maximum atomic E-state index is 11.0. The fourth-order valence-electron chi connectivity index (χ4n) is 2.50. The van der Waals surface area contributed by atoms with Gasteiger partial charge in [0.2, 0.25) is 0 Å². The minimum Gasteiger partial charge on any atom is -0.478 e. The number of para-hydroxylation sites is 1. The van der Waals surface area contributed by atoms with Gasteiger partial charge in [-0.2, -0.15) is 0 Å². The Morgan fingerprint density at radius 2 is 1.95 bits per heavy atom. The number of carbonyl (C=O) groups is 1. The zero-order chi connectivity index (χ0) is 14.3. The summed E-state index contributed by atoms with van der Waals surface area (Å²) in [6.45, 7) is 0. The highest BCUT2D eigenvalue weighted by Crippen LogP contribution is 2.31. The first-order valence-electron chi connectivity index (χ1n) is 6.25. The quantitative estimate of drug-likeness (QED) is 0.700. The van der Waals surface area contributed by atoms with Gasteiger partial charge in [-0.25, -0.2) is 4.79 Å². The van der Waals surface area contributed by atoms with Gasteiger partial charge in [-0.05, 0) is 23.8 Å². The molecular formula is C16H14N2O2. The number of nitrogen functional groups attached to an aromatic ring is 1. The van der Waals surface area contributed by atoms with E-state index in [2.05, 4.69) is 0 Å². The van der Waals surface area contributed by atoms with Crippen molar-refractivity contribution < 1.29 is 9.90 Å². The molecule has 0 amide bonds. The molecule has 3 aromatic rings. The van der Waals surface area contributed by atoms with Gasteiger partial charge in [0, 0.05) is 35.4 Å². The minimum absolute atomic E-state index is 0.133. The molecule has 0 unspecified atom stereocenters. The molecule has 20 heavy (non-hydrogen) atoms. The van der Waals surface area contributed by atoms with Gasteiger partial charge in [0.05, 0.1) is 5.56 Å². The fourth-order valence-corrected chi connectivity index (χ4v) is 2.50. The van der Waals surface area contributed by atoms with Crippen LogP contribution in [0.5, 0.6) is 0 Å². The predicted octanol–water partition coefficient (Wildman–Crippen LogP) is 3.13. The number of hydrogen-bond donors (Lipinski definition) is 2. The van der Waals surface area contributed by atoms with Gasteiger partial charge in [0.15, 0.2) is 0 Å². The monoisotopic (exact) mass is 266 g/mol. The number of aromatic carboxylic acids is 1. The molecule has 4 heteroatoms. The van der Waals surface area contributed by atoms with Gasteiger partial charge in [-0.15, -0.1) is 0 Å². The van der Waals surface area contributed by atoms with Crippen molar-refractivity contribution in [2.24, 2.45) is 7.05 Å². The van der Waals surface area contributed by atoms with Crippen molar-refractivity contribution in [3.8, 4) is 11.1 Å². The lowest BCUT2D eigenvalue weighted by molar-refractivity contribution is 0.0698. The molecule has 1 heterocycles. The van der Waals surface area contributed by atoms with Crippen molar-refractivity contribution in [3.63, 3.8) is 0 Å². The van der Waals surface area contributed by atoms with E-state index in [-0.39, 0.29) is 11.3 Å². The molecule has 0 bridgehead atoms. The van der Waals surface area contributed by atoms with Gasteiger partial charge in [-0.3, -0.25) is 0 Å². The van der Waals surface area contributed by atoms with Crippen LogP contribution in [-0.4, -0.2) is 15.6 Å². The summed E-state index contributed by atoms with van der Waals surface area (Å²) in [7, 11) is 1.99. The van der Waals surface area contributed by atoms with Crippen LogP contribution in [0, 0.1) is 0 Å². The largest absolute Gasteiger partial charge is 0.478 e. The van der Waals surface area contributed by atoms with Crippen molar-refractivity contribution in [1.82, 2.24) is 4.57 Å². The Balaban J connectivity index is 2.21. The van der Waals surface area contributed by atoms with Crippen LogP contribution in [0.2, 0.25) is 0 Å². The molecule has 1 aromatic heterocycles. The number of fused-ring (bicyclic) bond motifs is 1. The SMILES string of the molecule is Cn1cc(-c2ccc(C(=O)O)c(N)c2)c2ccccc21. The first-order chi connectivity index (χ1) is 9.58. The third kappa shape index (κ3) is 1.82. The first-order valence-corrected chi connectivity index (χ1v) is 6.25. The molecule has 0 saturated heterocycles. The van der Waals surface area contributed by atoms with Crippen LogP contribution in [0.1, 0.15) is 10.4 Å². The zero-order valence-corrected chi connectivity index (χ0v) is 11.0. The van der Waals surface area contributed by atoms with Gasteiger partial charge >= 0.3 is 5.97 Å². The number of carboxylic acid groups (broad SMARTS) is 1. The van der Waals surface area contributed by atoms with E-state index in [1.54, 1.807) is 18.2 Å². The second-order valence-electron chi connectivity index (χ2n) is 4.78. The molecule has 0 aliphatic rings. The lowest BCUT2D eigenvalue weighted by atomic mass is 10.0. The number of aromatic nitrogens is 1. The molecule has 0 atom stereocenters. The summed E-state index contributed by atoms with van der Waals surface area (Å²) in [6.07, 6.45) is 2.03. The van der Waals surface area contributed by atoms with Crippen LogP contribution in [0.4, 0.5) is 5.69 Å². The van der Waals surface area contributed by atoms with Crippen LogP contribution in [-0.2, 0) is 7.05 Å². The molecular weight excluding hydrogens is 252 g/mol. The normalized spacial score (nSPS) is 10.8. The molecule has 4 nitrogen and oxygen atoms in total. The van der Waals surface area contributed by atoms with Gasteiger partial charge in [0.1, 0.15) is 0 Å². The van der Waals surface area contributed by atoms with Gasteiger partial charge < -0.3 is 15.4 Å². The number of nitrogens with zero attached hydrogens (tertiary/aromatic N) is 1. The number of rotatable bonds is 2. The summed E-state index contributed by atoms with van der Waals surface area (Å²) in [4.78, 5) is 11.0. The average Bonchev–Trinajstić information content (AvgIpc) is 2.76. The van der Waals surface area contributed by atoms with E-state index in [1.165, 1.54) is 0 Å². The van der Waals surface area contributed by atoms with E-state index in [0.717, 1.165) is 22.0 Å². The second-order valence-corrected chi connectivity index (χ2v) is 4.78. The maximum absolute atomic E-state index is 11.0. The lowest BCUT2D eigenvalue weighted by Gasteiger charge is -2.04. The Bertz CT molecular complexity index is 818. The van der Waals surface area contributed by atoms with Crippen LogP contribution in [0.15, 0.2) is 48.7 Å². The Kier molecular flexibility index (Phi) is 2.71. The smallest absolute Gasteiger partial charge is 0.337 e. The van der Waals surface area contributed by atoms with Crippen LogP contribution in [0.3, 0.4) is 0 Å². The van der Waals surface area contributed by atoms with Crippen molar-refractivity contribution in [2.45, 2.75) is 0 Å². The van der Waals surface area contributed by atoms with E-state index in [9.17, 15) is 4.79 Å². The predicted molar refractivity (Wildman–Crippen MR) is 79.7 cm³/mol. The van der Waals surface area contributed by atoms with E-state index < -0.39 is 5.97 Å². The number of nitrogens with two attached hydrogens (primary N) is 1. The summed E-state index contributed by atoms with van der Waals surface area (Å²) in [6, 6.07) is 13.1. The summed E-state index contributed by atoms with van der Waals surface area (Å²) in [5.74, 6) is -1.01. The molecule has 0 saturated carbocycles. The van der Waals surface area contributed by atoms with Crippen molar-refractivity contribution in [3.05, 3.63) is 54.2 Å². The summed E-state index contributed by atoms with van der Waals surface area (Å²) < 4.78 is 2.05. The second kappa shape index (κ2) is 4.42. The van der Waals surface area contributed by atoms with Crippen molar-refractivity contribution in [2.75, 3.05) is 5.73 Å². The average molecular weight is 266 g/mol. The highest BCUT2D eigenvalue weighted by Gasteiger charge is 2.12. The van der Waals surface area contributed by atoms with Crippen molar-refractivity contribution >= 4 is 22.6 Å². The van der Waals surface area contributed by atoms with Crippen molar-refractivity contribution in [1.29, 1.82) is 0 Å². The molecule has 0 fully saturated rings. The number of benzene rings is 2. The molecule has 0 spiro atoms. The van der Waals surface area contributed by atoms with E-state index >= 15 is 0 Å². The topological polar surface area (TPSA) is 68.2 Å². The third-order valence-electron chi connectivity index (χ3n) is 3.49. The number of aryl methyl sites for hydroxylation is 1. The van der Waals surface area contributed by atoms with E-state index in [1.807, 2.05) is 42.1 Å². The van der Waals surface area contributed by atoms with E-state index in [4.69, 9.17) is 10.8 Å². The number of carboxylic acids is 1. The van der Waals surface area contributed by atoms with Gasteiger partial charge in [-0.1, -0.05) is 24.3 Å². The number of hydrogen-bond acceptors (Lipinski definition) is 2. The molecule has 2 aromatic carbocycles. The van der Waals surface area contributed by atoms with Crippen LogP contribution < -0.4 is 5.73 Å². The van der Waals surface area contributed by atoms with Gasteiger partial charge in [0.25, 0.3) is 0 Å². The Morgan fingerprint density at radius 1 is 1.20 bits per heavy atom. The molecule has 100 valence electrons. The Hall–Kier alpha value is -2.75. The first kappa shape index (κ1) is 12.3. The summed E-state index contributed by atoms with van der Waals surface area (Å²) in [5, 5.41) is 10.1. The highest BCUT2D eigenvalue weighted by atomic mass is 16.4. The lowest BCUT2D eigenvalue weighted by Crippen LogP contribution is -2.01.